The van der Waals surface area contributed by atoms with Crippen molar-refractivity contribution in [1.82, 2.24) is 4.90 Å². The molecular formula is C10H10N2OS. The number of thiocarbonyl (C=S) groups is 1. The summed E-state index contributed by atoms with van der Waals surface area (Å²) in [7, 11) is 1.66. The highest BCUT2D eigenvalue weighted by atomic mass is 32.1. The van der Waals surface area contributed by atoms with Gasteiger partial charge in [-0.05, 0) is 25.2 Å². The van der Waals surface area contributed by atoms with E-state index in [1.54, 1.807) is 7.05 Å². The molecule has 3 nitrogen and oxygen atoms in total. The number of aliphatic imine (C=N–C) groups is 1. The summed E-state index contributed by atoms with van der Waals surface area (Å²) in [5.41, 5.74) is 1.78. The Morgan fingerprint density at radius 1 is 1.57 bits per heavy atom. The summed E-state index contributed by atoms with van der Waals surface area (Å²) < 4.78 is 0. The van der Waals surface area contributed by atoms with Crippen molar-refractivity contribution < 1.29 is 4.79 Å². The molecule has 2 aliphatic rings. The van der Waals surface area contributed by atoms with Gasteiger partial charge in [0, 0.05) is 7.05 Å². The van der Waals surface area contributed by atoms with E-state index in [1.807, 2.05) is 25.2 Å². The topological polar surface area (TPSA) is 32.7 Å². The second-order valence-electron chi connectivity index (χ2n) is 3.42. The minimum atomic E-state index is -0.225. The fourth-order valence-corrected chi connectivity index (χ4v) is 1.82. The molecule has 0 saturated carbocycles. The molecule has 0 aromatic heterocycles. The molecule has 1 aliphatic carbocycles. The first-order chi connectivity index (χ1) is 6.61. The van der Waals surface area contributed by atoms with Gasteiger partial charge >= 0.3 is 0 Å². The molecule has 1 amide bonds. The molecule has 1 unspecified atom stereocenters. The zero-order valence-electron chi connectivity index (χ0n) is 8.02. The van der Waals surface area contributed by atoms with Crippen LogP contribution < -0.4 is 0 Å². The van der Waals surface area contributed by atoms with Crippen LogP contribution in [-0.4, -0.2) is 28.7 Å². The van der Waals surface area contributed by atoms with Gasteiger partial charge in [0.2, 0.25) is 11.0 Å². The van der Waals surface area contributed by atoms with E-state index < -0.39 is 0 Å². The van der Waals surface area contributed by atoms with E-state index in [1.165, 1.54) is 4.90 Å². The maximum Gasteiger partial charge on any atom is 0.241 e. The zero-order chi connectivity index (χ0) is 10.3. The normalized spacial score (nSPS) is 25.9. The van der Waals surface area contributed by atoms with Gasteiger partial charge in [-0.2, -0.15) is 0 Å². The predicted octanol–water partition coefficient (Wildman–Crippen LogP) is 1.32. The number of amides is 1. The molecule has 0 aromatic rings. The SMILES string of the molecule is CC1=CC=CC2=NC(=S)N(C)C(=O)C12. The molecule has 0 spiro atoms. The number of rotatable bonds is 0. The molecule has 0 N–H and O–H groups in total. The van der Waals surface area contributed by atoms with Crippen LogP contribution in [0.3, 0.4) is 0 Å². The number of nitrogens with zero attached hydrogens (tertiary/aromatic N) is 2. The molecule has 2 rings (SSSR count). The molecule has 4 heteroatoms. The Balaban J connectivity index is 2.51. The number of allylic oxidation sites excluding steroid dienone is 3. The average molecular weight is 206 g/mol. The van der Waals surface area contributed by atoms with Crippen LogP contribution in [0.25, 0.3) is 0 Å². The van der Waals surface area contributed by atoms with Gasteiger partial charge in [0.25, 0.3) is 0 Å². The molecule has 0 aromatic carbocycles. The van der Waals surface area contributed by atoms with Crippen LogP contribution in [0.1, 0.15) is 6.92 Å². The molecule has 1 aliphatic heterocycles. The van der Waals surface area contributed by atoms with Crippen molar-refractivity contribution in [3.8, 4) is 0 Å². The monoisotopic (exact) mass is 206 g/mol. The van der Waals surface area contributed by atoms with Crippen LogP contribution in [0.15, 0.2) is 28.8 Å². The standard InChI is InChI=1S/C10H10N2OS/c1-6-4-3-5-7-8(6)9(13)12(2)10(14)11-7/h3-5,8H,1-2H3. The highest BCUT2D eigenvalue weighted by Gasteiger charge is 2.34. The first-order valence-electron chi connectivity index (χ1n) is 4.36. The Bertz CT molecular complexity index is 406. The zero-order valence-corrected chi connectivity index (χ0v) is 8.84. The second kappa shape index (κ2) is 3.13. The van der Waals surface area contributed by atoms with Crippen molar-refractivity contribution in [2.75, 3.05) is 7.05 Å². The fraction of sp³-hybridized carbons (Fsp3) is 0.300. The third kappa shape index (κ3) is 1.23. The summed E-state index contributed by atoms with van der Waals surface area (Å²) in [6.07, 6.45) is 5.67. The maximum absolute atomic E-state index is 11.9. The van der Waals surface area contributed by atoms with Crippen LogP contribution in [-0.2, 0) is 4.79 Å². The maximum atomic E-state index is 11.9. The van der Waals surface area contributed by atoms with Gasteiger partial charge in [-0.3, -0.25) is 9.69 Å². The van der Waals surface area contributed by atoms with Crippen molar-refractivity contribution in [2.24, 2.45) is 10.9 Å². The second-order valence-corrected chi connectivity index (χ2v) is 3.78. The summed E-state index contributed by atoms with van der Waals surface area (Å²) >= 11 is 4.98. The quantitative estimate of drug-likeness (QED) is 0.560. The summed E-state index contributed by atoms with van der Waals surface area (Å²) in [6, 6.07) is 0. The first-order valence-corrected chi connectivity index (χ1v) is 4.77. The lowest BCUT2D eigenvalue weighted by atomic mass is 9.88. The van der Waals surface area contributed by atoms with Crippen molar-refractivity contribution in [2.45, 2.75) is 6.92 Å². The largest absolute Gasteiger partial charge is 0.290 e. The Hall–Kier alpha value is -1.29. The van der Waals surface area contributed by atoms with E-state index in [4.69, 9.17) is 12.2 Å². The average Bonchev–Trinajstić information content (AvgIpc) is 2.14. The van der Waals surface area contributed by atoms with Crippen LogP contribution in [0, 0.1) is 5.92 Å². The summed E-state index contributed by atoms with van der Waals surface area (Å²) in [5, 5.41) is 0.348. The lowest BCUT2D eigenvalue weighted by molar-refractivity contribution is -0.127. The molecule has 0 saturated heterocycles. The van der Waals surface area contributed by atoms with Gasteiger partial charge in [0.1, 0.15) is 5.92 Å². The highest BCUT2D eigenvalue weighted by molar-refractivity contribution is 7.80. The molecule has 14 heavy (non-hydrogen) atoms. The van der Waals surface area contributed by atoms with Gasteiger partial charge in [-0.25, -0.2) is 4.99 Å². The number of hydrogen-bond donors (Lipinski definition) is 0. The van der Waals surface area contributed by atoms with E-state index in [0.717, 1.165) is 11.3 Å². The third-order valence-electron chi connectivity index (χ3n) is 2.47. The Labute approximate surface area is 87.8 Å². The lowest BCUT2D eigenvalue weighted by Crippen LogP contribution is -2.44. The predicted molar refractivity (Wildman–Crippen MR) is 59.2 cm³/mol. The van der Waals surface area contributed by atoms with Crippen molar-refractivity contribution >= 4 is 28.9 Å². The van der Waals surface area contributed by atoms with Crippen molar-refractivity contribution in [3.05, 3.63) is 23.8 Å². The number of carbonyl (C=O) groups is 1. The van der Waals surface area contributed by atoms with Crippen LogP contribution >= 0.6 is 12.2 Å². The van der Waals surface area contributed by atoms with E-state index in [-0.39, 0.29) is 11.8 Å². The third-order valence-corrected chi connectivity index (χ3v) is 2.83. The van der Waals surface area contributed by atoms with Crippen LogP contribution in [0.5, 0.6) is 0 Å². The molecule has 1 heterocycles. The van der Waals surface area contributed by atoms with Gasteiger partial charge in [0.15, 0.2) is 0 Å². The van der Waals surface area contributed by atoms with E-state index in [2.05, 4.69) is 4.99 Å². The molecule has 0 radical (unpaired) electrons. The van der Waals surface area contributed by atoms with Gasteiger partial charge < -0.3 is 0 Å². The van der Waals surface area contributed by atoms with Crippen molar-refractivity contribution in [1.29, 1.82) is 0 Å². The number of carbonyl (C=O) groups excluding carboxylic acids is 1. The summed E-state index contributed by atoms with van der Waals surface area (Å²) in [5.74, 6) is -0.213. The Morgan fingerprint density at radius 2 is 2.29 bits per heavy atom. The lowest BCUT2D eigenvalue weighted by Gasteiger charge is -2.29. The van der Waals surface area contributed by atoms with Gasteiger partial charge in [0.05, 0.1) is 5.71 Å². The van der Waals surface area contributed by atoms with Crippen molar-refractivity contribution in [3.63, 3.8) is 0 Å². The molecule has 0 fully saturated rings. The summed E-state index contributed by atoms with van der Waals surface area (Å²) in [4.78, 5) is 17.5. The Morgan fingerprint density at radius 3 is 3.00 bits per heavy atom. The smallest absolute Gasteiger partial charge is 0.241 e. The molecule has 0 bridgehead atoms. The van der Waals surface area contributed by atoms with Crippen LogP contribution in [0.4, 0.5) is 0 Å². The van der Waals surface area contributed by atoms with E-state index in [9.17, 15) is 4.79 Å². The number of fused-ring (bicyclic) bond motifs is 1. The molecule has 1 atom stereocenters. The van der Waals surface area contributed by atoms with E-state index >= 15 is 0 Å². The van der Waals surface area contributed by atoms with Gasteiger partial charge in [-0.1, -0.05) is 17.7 Å². The highest BCUT2D eigenvalue weighted by Crippen LogP contribution is 2.24. The van der Waals surface area contributed by atoms with E-state index in [0.29, 0.717) is 5.11 Å². The molecule has 72 valence electrons. The fourth-order valence-electron chi connectivity index (χ4n) is 1.62. The Kier molecular flexibility index (Phi) is 2.07. The number of hydrogen-bond acceptors (Lipinski definition) is 2. The minimum Gasteiger partial charge on any atom is -0.290 e. The minimum absolute atomic E-state index is 0.0121. The first kappa shape index (κ1) is 9.27. The summed E-state index contributed by atoms with van der Waals surface area (Å²) in [6.45, 7) is 1.93. The molecular weight excluding hydrogens is 196 g/mol. The van der Waals surface area contributed by atoms with Crippen LogP contribution in [0.2, 0.25) is 0 Å². The van der Waals surface area contributed by atoms with Gasteiger partial charge in [-0.15, -0.1) is 0 Å².